The van der Waals surface area contributed by atoms with Gasteiger partial charge in [0, 0.05) is 31.9 Å². The molecule has 0 amide bonds. The standard InChI is InChI=1S/C15H20N4O/c1-5-16-15-13(10(2)19(3)4)14(17-18-15)11-6-8-12(20)9-7-11/h6-9,20H,5H2,1-4H3,(H,16,18)/b13-10+. The number of benzene rings is 1. The Bertz CT molecular complexity index is 582. The van der Waals surface area contributed by atoms with E-state index in [9.17, 15) is 5.11 Å². The summed E-state index contributed by atoms with van der Waals surface area (Å²) in [5, 5.41) is 13.8. The van der Waals surface area contributed by atoms with Crippen LogP contribution in [-0.2, 0) is 0 Å². The second kappa shape index (κ2) is 5.77. The molecular weight excluding hydrogens is 252 g/mol. The molecule has 0 aliphatic carbocycles. The van der Waals surface area contributed by atoms with Crippen molar-refractivity contribution in [2.75, 3.05) is 20.6 Å². The van der Waals surface area contributed by atoms with Crippen LogP contribution in [0.15, 0.2) is 45.6 Å². The first-order valence-electron chi connectivity index (χ1n) is 6.61. The Balaban J connectivity index is 2.50. The maximum Gasteiger partial charge on any atom is 0.152 e. The Morgan fingerprint density at radius 3 is 2.50 bits per heavy atom. The second-order valence-corrected chi connectivity index (χ2v) is 4.80. The number of amidine groups is 1. The van der Waals surface area contributed by atoms with Gasteiger partial charge in [-0.2, -0.15) is 5.10 Å². The molecule has 106 valence electrons. The van der Waals surface area contributed by atoms with Crippen LogP contribution >= 0.6 is 0 Å². The van der Waals surface area contributed by atoms with Crippen LogP contribution in [0.25, 0.3) is 0 Å². The van der Waals surface area contributed by atoms with E-state index in [0.717, 1.165) is 28.4 Å². The minimum atomic E-state index is 0.248. The Morgan fingerprint density at radius 2 is 1.95 bits per heavy atom. The molecule has 1 aliphatic rings. The van der Waals surface area contributed by atoms with Gasteiger partial charge in [0.15, 0.2) is 5.84 Å². The van der Waals surface area contributed by atoms with Crippen molar-refractivity contribution in [2.24, 2.45) is 10.1 Å². The zero-order valence-corrected chi connectivity index (χ0v) is 12.3. The number of hydrogen-bond acceptors (Lipinski definition) is 4. The lowest BCUT2D eigenvalue weighted by molar-refractivity contribution is 0.475. The van der Waals surface area contributed by atoms with Crippen molar-refractivity contribution in [3.63, 3.8) is 0 Å². The average molecular weight is 272 g/mol. The fourth-order valence-corrected chi connectivity index (χ4v) is 2.00. The molecule has 1 aliphatic heterocycles. The van der Waals surface area contributed by atoms with E-state index in [1.54, 1.807) is 12.1 Å². The van der Waals surface area contributed by atoms with Gasteiger partial charge in [0.1, 0.15) is 11.5 Å². The summed E-state index contributed by atoms with van der Waals surface area (Å²) in [7, 11) is 4.00. The molecule has 0 bridgehead atoms. The van der Waals surface area contributed by atoms with E-state index < -0.39 is 0 Å². The molecule has 0 aromatic heterocycles. The summed E-state index contributed by atoms with van der Waals surface area (Å²) in [5.41, 5.74) is 6.89. The largest absolute Gasteiger partial charge is 0.508 e. The highest BCUT2D eigenvalue weighted by Crippen LogP contribution is 2.21. The summed E-state index contributed by atoms with van der Waals surface area (Å²) >= 11 is 0. The molecule has 2 N–H and O–H groups in total. The number of hydrazone groups is 1. The zero-order chi connectivity index (χ0) is 14.7. The monoisotopic (exact) mass is 272 g/mol. The smallest absolute Gasteiger partial charge is 0.152 e. The Labute approximate surface area is 119 Å². The molecule has 1 aromatic carbocycles. The van der Waals surface area contributed by atoms with Crippen molar-refractivity contribution in [3.8, 4) is 5.75 Å². The molecule has 20 heavy (non-hydrogen) atoms. The molecule has 0 saturated carbocycles. The van der Waals surface area contributed by atoms with Crippen LogP contribution in [0.5, 0.6) is 5.75 Å². The predicted octanol–water partition coefficient (Wildman–Crippen LogP) is 1.95. The number of aliphatic imine (C=N–C) groups is 1. The fraction of sp³-hybridized carbons (Fsp3) is 0.333. The molecule has 2 rings (SSSR count). The molecule has 0 fully saturated rings. The summed E-state index contributed by atoms with van der Waals surface area (Å²) in [5.74, 6) is 1.04. The SMILES string of the molecule is CC/N=C1/NN=C(c2ccc(O)cc2)/C1=C(/C)N(C)C. The summed E-state index contributed by atoms with van der Waals surface area (Å²) in [6.07, 6.45) is 0. The predicted molar refractivity (Wildman–Crippen MR) is 82.1 cm³/mol. The number of aromatic hydroxyl groups is 1. The van der Waals surface area contributed by atoms with Gasteiger partial charge in [0.05, 0.1) is 5.57 Å². The van der Waals surface area contributed by atoms with Crippen molar-refractivity contribution in [1.82, 2.24) is 10.3 Å². The molecule has 0 unspecified atom stereocenters. The van der Waals surface area contributed by atoms with Crippen molar-refractivity contribution in [2.45, 2.75) is 13.8 Å². The number of phenols is 1. The van der Waals surface area contributed by atoms with Crippen molar-refractivity contribution >= 4 is 11.5 Å². The third-order valence-electron chi connectivity index (χ3n) is 3.24. The van der Waals surface area contributed by atoms with E-state index in [4.69, 9.17) is 0 Å². The van der Waals surface area contributed by atoms with E-state index in [0.29, 0.717) is 6.54 Å². The van der Waals surface area contributed by atoms with E-state index >= 15 is 0 Å². The summed E-state index contributed by atoms with van der Waals surface area (Å²) in [4.78, 5) is 6.50. The number of phenolic OH excluding ortho intramolecular Hbond substituents is 1. The topological polar surface area (TPSA) is 60.2 Å². The van der Waals surface area contributed by atoms with Crippen LogP contribution in [-0.4, -0.2) is 42.2 Å². The van der Waals surface area contributed by atoms with Gasteiger partial charge in [-0.05, 0) is 38.1 Å². The molecule has 0 saturated heterocycles. The van der Waals surface area contributed by atoms with Gasteiger partial charge in [-0.3, -0.25) is 10.4 Å². The average Bonchev–Trinajstić information content (AvgIpc) is 2.83. The van der Waals surface area contributed by atoms with Crippen LogP contribution in [0.2, 0.25) is 0 Å². The molecule has 5 heteroatoms. The van der Waals surface area contributed by atoms with Gasteiger partial charge in [-0.25, -0.2) is 0 Å². The van der Waals surface area contributed by atoms with Crippen LogP contribution in [0.1, 0.15) is 19.4 Å². The van der Waals surface area contributed by atoms with Gasteiger partial charge in [-0.15, -0.1) is 0 Å². The second-order valence-electron chi connectivity index (χ2n) is 4.80. The van der Waals surface area contributed by atoms with Crippen molar-refractivity contribution < 1.29 is 5.11 Å². The maximum atomic E-state index is 9.40. The lowest BCUT2D eigenvalue weighted by Gasteiger charge is -2.17. The molecule has 1 heterocycles. The summed E-state index contributed by atoms with van der Waals surface area (Å²) in [6, 6.07) is 7.03. The van der Waals surface area contributed by atoms with Crippen molar-refractivity contribution in [1.29, 1.82) is 0 Å². The highest BCUT2D eigenvalue weighted by molar-refractivity contribution is 6.32. The van der Waals surface area contributed by atoms with Gasteiger partial charge in [0.25, 0.3) is 0 Å². The number of nitrogens with one attached hydrogen (secondary N) is 1. The third-order valence-corrected chi connectivity index (χ3v) is 3.24. The highest BCUT2D eigenvalue weighted by Gasteiger charge is 2.25. The zero-order valence-electron chi connectivity index (χ0n) is 12.3. The Hall–Kier alpha value is -2.30. The first kappa shape index (κ1) is 14.1. The molecular formula is C15H20N4O. The quantitative estimate of drug-likeness (QED) is 0.884. The van der Waals surface area contributed by atoms with E-state index in [1.165, 1.54) is 0 Å². The maximum absolute atomic E-state index is 9.40. The highest BCUT2D eigenvalue weighted by atomic mass is 16.3. The third kappa shape index (κ3) is 2.66. The molecule has 1 aromatic rings. The number of nitrogens with zero attached hydrogens (tertiary/aromatic N) is 3. The van der Waals surface area contributed by atoms with E-state index in [1.807, 2.05) is 45.0 Å². The van der Waals surface area contributed by atoms with Gasteiger partial charge < -0.3 is 10.0 Å². The van der Waals surface area contributed by atoms with E-state index in [-0.39, 0.29) is 5.75 Å². The van der Waals surface area contributed by atoms with Gasteiger partial charge in [-0.1, -0.05) is 0 Å². The number of hydrogen-bond donors (Lipinski definition) is 2. The van der Waals surface area contributed by atoms with Crippen LogP contribution in [0.4, 0.5) is 0 Å². The molecule has 0 radical (unpaired) electrons. The minimum absolute atomic E-state index is 0.248. The Kier molecular flexibility index (Phi) is 4.08. The number of allylic oxidation sites excluding steroid dienone is 1. The fourth-order valence-electron chi connectivity index (χ4n) is 2.00. The number of rotatable bonds is 3. The van der Waals surface area contributed by atoms with Crippen molar-refractivity contribution in [3.05, 3.63) is 41.1 Å². The minimum Gasteiger partial charge on any atom is -0.508 e. The first-order valence-corrected chi connectivity index (χ1v) is 6.61. The van der Waals surface area contributed by atoms with Crippen LogP contribution in [0, 0.1) is 0 Å². The molecule has 0 atom stereocenters. The Morgan fingerprint density at radius 1 is 1.30 bits per heavy atom. The lowest BCUT2D eigenvalue weighted by atomic mass is 10.0. The van der Waals surface area contributed by atoms with E-state index in [2.05, 4.69) is 15.5 Å². The van der Waals surface area contributed by atoms with Crippen LogP contribution in [0.3, 0.4) is 0 Å². The van der Waals surface area contributed by atoms with Gasteiger partial charge >= 0.3 is 0 Å². The first-order chi connectivity index (χ1) is 9.54. The molecule has 5 nitrogen and oxygen atoms in total. The molecule has 0 spiro atoms. The van der Waals surface area contributed by atoms with Gasteiger partial charge in [0.2, 0.25) is 0 Å². The lowest BCUT2D eigenvalue weighted by Crippen LogP contribution is -2.21. The normalized spacial score (nSPS) is 18.8. The summed E-state index contributed by atoms with van der Waals surface area (Å²) < 4.78 is 0. The van der Waals surface area contributed by atoms with Crippen LogP contribution < -0.4 is 5.43 Å². The summed E-state index contributed by atoms with van der Waals surface area (Å²) in [6.45, 7) is 4.74.